The molecule has 0 saturated heterocycles. The molecular formula is C16H15N5OS. The van der Waals surface area contributed by atoms with Crippen molar-refractivity contribution in [3.05, 3.63) is 47.6 Å². The van der Waals surface area contributed by atoms with E-state index in [0.717, 1.165) is 22.5 Å². The van der Waals surface area contributed by atoms with Crippen LogP contribution in [0.1, 0.15) is 18.7 Å². The first kappa shape index (κ1) is 14.0. The van der Waals surface area contributed by atoms with Gasteiger partial charge in [-0.3, -0.25) is 0 Å². The summed E-state index contributed by atoms with van der Waals surface area (Å²) in [5.74, 6) is 0.989. The monoisotopic (exact) mass is 325 g/mol. The van der Waals surface area contributed by atoms with Crippen molar-refractivity contribution in [2.24, 2.45) is 9.98 Å². The summed E-state index contributed by atoms with van der Waals surface area (Å²) >= 11 is 1.55. The zero-order valence-corrected chi connectivity index (χ0v) is 13.2. The predicted molar refractivity (Wildman–Crippen MR) is 92.6 cm³/mol. The topological polar surface area (TPSA) is 73.1 Å². The van der Waals surface area contributed by atoms with Crippen molar-refractivity contribution >= 4 is 34.3 Å². The molecule has 23 heavy (non-hydrogen) atoms. The third-order valence-electron chi connectivity index (χ3n) is 3.77. The van der Waals surface area contributed by atoms with E-state index in [9.17, 15) is 5.11 Å². The number of allylic oxidation sites excluding steroid dienone is 1. The van der Waals surface area contributed by atoms with E-state index in [1.54, 1.807) is 29.7 Å². The van der Waals surface area contributed by atoms with Crippen molar-refractivity contribution in [1.29, 1.82) is 0 Å². The van der Waals surface area contributed by atoms with Crippen molar-refractivity contribution in [2.75, 3.05) is 5.32 Å². The van der Waals surface area contributed by atoms with Crippen LogP contribution in [-0.4, -0.2) is 33.2 Å². The summed E-state index contributed by atoms with van der Waals surface area (Å²) in [5, 5.41) is 15.5. The molecule has 0 aliphatic carbocycles. The minimum atomic E-state index is 0.0744. The number of aliphatic imine (C=N–C) groups is 2. The van der Waals surface area contributed by atoms with Crippen LogP contribution in [0.5, 0.6) is 5.75 Å². The van der Waals surface area contributed by atoms with E-state index in [4.69, 9.17) is 4.98 Å². The van der Waals surface area contributed by atoms with Gasteiger partial charge in [-0.1, -0.05) is 0 Å². The van der Waals surface area contributed by atoms with E-state index in [0.29, 0.717) is 0 Å². The van der Waals surface area contributed by atoms with Crippen LogP contribution in [0.25, 0.3) is 0 Å². The second-order valence-corrected chi connectivity index (χ2v) is 6.25. The van der Waals surface area contributed by atoms with Crippen molar-refractivity contribution in [3.63, 3.8) is 0 Å². The predicted octanol–water partition coefficient (Wildman–Crippen LogP) is 3.29. The molecule has 6 nitrogen and oxygen atoms in total. The molecule has 2 aliphatic heterocycles. The molecule has 0 bridgehead atoms. The fourth-order valence-corrected chi connectivity index (χ4v) is 3.47. The van der Waals surface area contributed by atoms with Gasteiger partial charge in [0.25, 0.3) is 0 Å². The van der Waals surface area contributed by atoms with Gasteiger partial charge in [0.05, 0.1) is 11.7 Å². The standard InChI is InChI=1S/C16H15N5OS/c1-10-14(21-8-2-7-17-15(21)18-10)13-9-23-16(20-13)19-11-3-5-12(22)6-4-11/h2-10,14,22H,1H3,(H,19,20). The van der Waals surface area contributed by atoms with Gasteiger partial charge in [0.15, 0.2) is 5.13 Å². The maximum atomic E-state index is 9.33. The smallest absolute Gasteiger partial charge is 0.225 e. The lowest BCUT2D eigenvalue weighted by atomic mass is 10.1. The molecule has 2 aliphatic rings. The molecule has 0 saturated carbocycles. The average Bonchev–Trinajstić information content (AvgIpc) is 3.12. The maximum Gasteiger partial charge on any atom is 0.225 e. The summed E-state index contributed by atoms with van der Waals surface area (Å²) < 4.78 is 0. The van der Waals surface area contributed by atoms with Crippen LogP contribution in [0.15, 0.2) is 51.9 Å². The Balaban J connectivity index is 1.55. The number of hydrogen-bond donors (Lipinski definition) is 2. The summed E-state index contributed by atoms with van der Waals surface area (Å²) in [5.41, 5.74) is 1.87. The van der Waals surface area contributed by atoms with Crippen LogP contribution in [-0.2, 0) is 0 Å². The number of benzene rings is 1. The zero-order chi connectivity index (χ0) is 15.8. The van der Waals surface area contributed by atoms with Gasteiger partial charge >= 0.3 is 0 Å². The number of aromatic nitrogens is 1. The molecule has 0 radical (unpaired) electrons. The van der Waals surface area contributed by atoms with Crippen molar-refractivity contribution in [2.45, 2.75) is 19.0 Å². The van der Waals surface area contributed by atoms with E-state index >= 15 is 0 Å². The molecule has 2 aromatic rings. The number of nitrogens with zero attached hydrogens (tertiary/aromatic N) is 4. The lowest BCUT2D eigenvalue weighted by molar-refractivity contribution is 0.394. The summed E-state index contributed by atoms with van der Waals surface area (Å²) in [4.78, 5) is 15.6. The molecule has 1 aromatic heterocycles. The number of guanidine groups is 1. The van der Waals surface area contributed by atoms with Gasteiger partial charge in [-0.05, 0) is 37.3 Å². The van der Waals surface area contributed by atoms with Gasteiger partial charge in [-0.25, -0.2) is 15.0 Å². The highest BCUT2D eigenvalue weighted by Gasteiger charge is 2.35. The normalized spacial score (nSPS) is 22.1. The quantitative estimate of drug-likeness (QED) is 0.849. The van der Waals surface area contributed by atoms with Crippen LogP contribution < -0.4 is 5.32 Å². The Kier molecular flexibility index (Phi) is 3.34. The van der Waals surface area contributed by atoms with E-state index in [1.165, 1.54) is 0 Å². The molecule has 1 aromatic carbocycles. The third kappa shape index (κ3) is 2.59. The fraction of sp³-hybridized carbons (Fsp3) is 0.188. The number of aromatic hydroxyl groups is 1. The molecule has 4 rings (SSSR count). The minimum absolute atomic E-state index is 0.0744. The van der Waals surface area contributed by atoms with E-state index in [1.807, 2.05) is 24.4 Å². The van der Waals surface area contributed by atoms with Crippen LogP contribution in [0.3, 0.4) is 0 Å². The number of rotatable bonds is 3. The highest BCUT2D eigenvalue weighted by Crippen LogP contribution is 2.35. The van der Waals surface area contributed by atoms with Crippen molar-refractivity contribution in [1.82, 2.24) is 9.88 Å². The van der Waals surface area contributed by atoms with Crippen LogP contribution >= 0.6 is 11.3 Å². The Bertz CT molecular complexity index is 808. The Morgan fingerprint density at radius 2 is 2.09 bits per heavy atom. The molecule has 116 valence electrons. The average molecular weight is 325 g/mol. The third-order valence-corrected chi connectivity index (χ3v) is 4.55. The molecule has 2 unspecified atom stereocenters. The van der Waals surface area contributed by atoms with Crippen LogP contribution in [0, 0.1) is 0 Å². The second-order valence-electron chi connectivity index (χ2n) is 5.39. The summed E-state index contributed by atoms with van der Waals surface area (Å²) in [7, 11) is 0. The SMILES string of the molecule is CC1N=C2N=CC=CN2C1c1csc(Nc2ccc(O)cc2)n1. The minimum Gasteiger partial charge on any atom is -0.508 e. The van der Waals surface area contributed by atoms with Gasteiger partial charge < -0.3 is 15.3 Å². The first-order valence-electron chi connectivity index (χ1n) is 7.29. The number of fused-ring (bicyclic) bond motifs is 1. The Hall–Kier alpha value is -2.67. The van der Waals surface area contributed by atoms with E-state index in [2.05, 4.69) is 32.5 Å². The maximum absolute atomic E-state index is 9.33. The van der Waals surface area contributed by atoms with Gasteiger partial charge in [-0.15, -0.1) is 11.3 Å². The largest absolute Gasteiger partial charge is 0.508 e. The van der Waals surface area contributed by atoms with Crippen molar-refractivity contribution in [3.8, 4) is 5.75 Å². The second kappa shape index (κ2) is 5.51. The first-order chi connectivity index (χ1) is 11.2. The van der Waals surface area contributed by atoms with Gasteiger partial charge in [0, 0.05) is 23.5 Å². The molecule has 2 N–H and O–H groups in total. The molecule has 3 heterocycles. The Morgan fingerprint density at radius 3 is 2.91 bits per heavy atom. The lowest BCUT2D eigenvalue weighted by Crippen LogP contribution is -2.28. The Morgan fingerprint density at radius 1 is 1.26 bits per heavy atom. The molecule has 0 amide bonds. The van der Waals surface area contributed by atoms with Gasteiger partial charge in [0.1, 0.15) is 11.8 Å². The van der Waals surface area contributed by atoms with Crippen LogP contribution in [0.4, 0.5) is 10.8 Å². The zero-order valence-electron chi connectivity index (χ0n) is 12.4. The lowest BCUT2D eigenvalue weighted by Gasteiger charge is -2.24. The highest BCUT2D eigenvalue weighted by atomic mass is 32.1. The molecular weight excluding hydrogens is 310 g/mol. The molecule has 2 atom stereocenters. The number of thiazole rings is 1. The first-order valence-corrected chi connectivity index (χ1v) is 8.17. The number of nitrogens with one attached hydrogen (secondary N) is 1. The number of anilines is 2. The van der Waals surface area contributed by atoms with E-state index in [-0.39, 0.29) is 17.8 Å². The highest BCUT2D eigenvalue weighted by molar-refractivity contribution is 7.13. The molecule has 0 spiro atoms. The summed E-state index contributed by atoms with van der Waals surface area (Å²) in [6.07, 6.45) is 5.65. The van der Waals surface area contributed by atoms with E-state index < -0.39 is 0 Å². The number of hydrogen-bond acceptors (Lipinski definition) is 7. The summed E-state index contributed by atoms with van der Waals surface area (Å²) in [6, 6.07) is 7.10. The van der Waals surface area contributed by atoms with Gasteiger partial charge in [0.2, 0.25) is 5.96 Å². The fourth-order valence-electron chi connectivity index (χ4n) is 2.71. The van der Waals surface area contributed by atoms with Gasteiger partial charge in [-0.2, -0.15) is 0 Å². The molecule has 7 heteroatoms. The van der Waals surface area contributed by atoms with Crippen LogP contribution in [0.2, 0.25) is 0 Å². The molecule has 0 fully saturated rings. The summed E-state index contributed by atoms with van der Waals surface area (Å²) in [6.45, 7) is 2.08. The Labute approximate surface area is 137 Å². The van der Waals surface area contributed by atoms with Crippen molar-refractivity contribution < 1.29 is 5.11 Å². The number of phenolic OH excluding ortho intramolecular Hbond substituents is 1. The number of phenols is 1.